The Morgan fingerprint density at radius 1 is 1.21 bits per heavy atom. The van der Waals surface area contributed by atoms with Gasteiger partial charge in [0.2, 0.25) is 5.91 Å². The lowest BCUT2D eigenvalue weighted by molar-refractivity contribution is -0.116. The Kier molecular flexibility index (Phi) is 6.43. The van der Waals surface area contributed by atoms with Gasteiger partial charge in [-0.25, -0.2) is 0 Å². The Labute approximate surface area is 143 Å². The van der Waals surface area contributed by atoms with E-state index in [-0.39, 0.29) is 5.91 Å². The van der Waals surface area contributed by atoms with Crippen LogP contribution in [0.15, 0.2) is 48.5 Å². The van der Waals surface area contributed by atoms with E-state index in [2.05, 4.69) is 24.4 Å². The lowest BCUT2D eigenvalue weighted by atomic mass is 10.1. The van der Waals surface area contributed by atoms with E-state index in [0.29, 0.717) is 24.6 Å². The number of rotatable bonds is 7. The summed E-state index contributed by atoms with van der Waals surface area (Å²) in [5.41, 5.74) is 9.77. The summed E-state index contributed by atoms with van der Waals surface area (Å²) in [6.45, 7) is 5.22. The van der Waals surface area contributed by atoms with E-state index in [1.807, 2.05) is 31.2 Å². The maximum atomic E-state index is 11.6. The van der Waals surface area contributed by atoms with Gasteiger partial charge in [0.25, 0.3) is 0 Å². The second-order valence-corrected chi connectivity index (χ2v) is 5.70. The molecule has 4 heteroatoms. The van der Waals surface area contributed by atoms with Crippen LogP contribution in [0, 0.1) is 6.92 Å². The molecule has 3 N–H and O–H groups in total. The van der Waals surface area contributed by atoms with Crippen LogP contribution in [0.25, 0.3) is 6.08 Å². The molecule has 0 aliphatic rings. The summed E-state index contributed by atoms with van der Waals surface area (Å²) in [5, 5.41) is 2.79. The molecule has 0 aromatic heterocycles. The number of hydrogen-bond acceptors (Lipinski definition) is 3. The van der Waals surface area contributed by atoms with Gasteiger partial charge in [-0.05, 0) is 42.7 Å². The van der Waals surface area contributed by atoms with E-state index in [1.54, 1.807) is 12.1 Å². The first-order valence-electron chi connectivity index (χ1n) is 8.12. The zero-order valence-electron chi connectivity index (χ0n) is 14.2. The summed E-state index contributed by atoms with van der Waals surface area (Å²) in [5.74, 6) is 0.540. The van der Waals surface area contributed by atoms with Crippen LogP contribution in [-0.2, 0) is 11.4 Å². The largest absolute Gasteiger partial charge is 0.487 e. The summed E-state index contributed by atoms with van der Waals surface area (Å²) in [6, 6.07) is 13.7. The highest BCUT2D eigenvalue weighted by Crippen LogP contribution is 2.24. The van der Waals surface area contributed by atoms with Crippen molar-refractivity contribution in [2.75, 3.05) is 12.3 Å². The van der Waals surface area contributed by atoms with Gasteiger partial charge in [0, 0.05) is 12.6 Å². The second-order valence-electron chi connectivity index (χ2n) is 5.70. The van der Waals surface area contributed by atoms with E-state index in [1.165, 1.54) is 11.6 Å². The molecule has 2 aromatic rings. The van der Waals surface area contributed by atoms with Crippen LogP contribution in [0.2, 0.25) is 0 Å². The van der Waals surface area contributed by atoms with Gasteiger partial charge < -0.3 is 15.8 Å². The Morgan fingerprint density at radius 3 is 2.62 bits per heavy atom. The lowest BCUT2D eigenvalue weighted by Crippen LogP contribution is -2.21. The monoisotopic (exact) mass is 324 g/mol. The van der Waals surface area contributed by atoms with Crippen LogP contribution in [0.1, 0.15) is 30.0 Å². The number of carbonyl (C=O) groups excluding carboxylic acids is 1. The molecule has 0 saturated heterocycles. The van der Waals surface area contributed by atoms with Crippen molar-refractivity contribution in [3.05, 3.63) is 65.2 Å². The number of nitrogen functional groups attached to an aromatic ring is 1. The van der Waals surface area contributed by atoms with Crippen LogP contribution in [0.4, 0.5) is 5.69 Å². The fourth-order valence-electron chi connectivity index (χ4n) is 2.13. The molecule has 0 spiro atoms. The molecule has 0 heterocycles. The zero-order chi connectivity index (χ0) is 17.4. The SMILES string of the molecule is CCCNC(=O)/C=C\c1ccc(OCc2ccc(C)cc2)c(N)c1. The van der Waals surface area contributed by atoms with Crippen LogP contribution >= 0.6 is 0 Å². The van der Waals surface area contributed by atoms with Crippen LogP contribution in [0.5, 0.6) is 5.75 Å². The highest BCUT2D eigenvalue weighted by molar-refractivity contribution is 5.91. The van der Waals surface area contributed by atoms with Gasteiger partial charge in [-0.15, -0.1) is 0 Å². The highest BCUT2D eigenvalue weighted by atomic mass is 16.5. The molecule has 0 radical (unpaired) electrons. The first-order valence-corrected chi connectivity index (χ1v) is 8.12. The molecule has 1 amide bonds. The number of amides is 1. The fourth-order valence-corrected chi connectivity index (χ4v) is 2.13. The Morgan fingerprint density at radius 2 is 1.96 bits per heavy atom. The average Bonchev–Trinajstić information content (AvgIpc) is 2.58. The topological polar surface area (TPSA) is 64.3 Å². The fraction of sp³-hybridized carbons (Fsp3) is 0.250. The maximum absolute atomic E-state index is 11.6. The van der Waals surface area contributed by atoms with Gasteiger partial charge >= 0.3 is 0 Å². The second kappa shape index (κ2) is 8.77. The molecule has 0 unspecified atom stereocenters. The third kappa shape index (κ3) is 5.47. The summed E-state index contributed by atoms with van der Waals surface area (Å²) in [6.07, 6.45) is 4.17. The third-order valence-corrected chi connectivity index (χ3v) is 3.53. The molecule has 0 atom stereocenters. The molecular formula is C20H24N2O2. The van der Waals surface area contributed by atoms with Gasteiger partial charge in [-0.1, -0.05) is 42.8 Å². The quantitative estimate of drug-likeness (QED) is 0.603. The van der Waals surface area contributed by atoms with Crippen LogP contribution < -0.4 is 15.8 Å². The van der Waals surface area contributed by atoms with Gasteiger partial charge in [0.1, 0.15) is 12.4 Å². The van der Waals surface area contributed by atoms with E-state index >= 15 is 0 Å². The van der Waals surface area contributed by atoms with Crippen molar-refractivity contribution in [2.45, 2.75) is 26.9 Å². The van der Waals surface area contributed by atoms with Crippen LogP contribution in [0.3, 0.4) is 0 Å². The van der Waals surface area contributed by atoms with E-state index in [4.69, 9.17) is 10.5 Å². The van der Waals surface area contributed by atoms with Crippen molar-refractivity contribution in [3.8, 4) is 5.75 Å². The van der Waals surface area contributed by atoms with Crippen LogP contribution in [-0.4, -0.2) is 12.5 Å². The Bertz CT molecular complexity index is 706. The summed E-state index contributed by atoms with van der Waals surface area (Å²) < 4.78 is 5.77. The molecule has 0 saturated carbocycles. The molecule has 2 aromatic carbocycles. The lowest BCUT2D eigenvalue weighted by Gasteiger charge is -2.10. The smallest absolute Gasteiger partial charge is 0.243 e. The number of anilines is 1. The number of nitrogens with two attached hydrogens (primary N) is 1. The van der Waals surface area contributed by atoms with Gasteiger partial charge in [-0.2, -0.15) is 0 Å². The minimum Gasteiger partial charge on any atom is -0.487 e. The van der Waals surface area contributed by atoms with E-state index < -0.39 is 0 Å². The minimum absolute atomic E-state index is 0.102. The number of benzene rings is 2. The molecule has 0 fully saturated rings. The molecule has 4 nitrogen and oxygen atoms in total. The van der Waals surface area contributed by atoms with Crippen molar-refractivity contribution in [1.82, 2.24) is 5.32 Å². The van der Waals surface area contributed by atoms with Gasteiger partial charge in [-0.3, -0.25) is 4.79 Å². The first-order chi connectivity index (χ1) is 11.6. The zero-order valence-corrected chi connectivity index (χ0v) is 14.2. The number of nitrogens with one attached hydrogen (secondary N) is 1. The maximum Gasteiger partial charge on any atom is 0.243 e. The van der Waals surface area contributed by atoms with E-state index in [0.717, 1.165) is 17.5 Å². The van der Waals surface area contributed by atoms with Crippen molar-refractivity contribution >= 4 is 17.7 Å². The van der Waals surface area contributed by atoms with Crippen molar-refractivity contribution in [3.63, 3.8) is 0 Å². The Hall–Kier alpha value is -2.75. The summed E-state index contributed by atoms with van der Waals surface area (Å²) in [4.78, 5) is 11.6. The summed E-state index contributed by atoms with van der Waals surface area (Å²) in [7, 11) is 0. The first kappa shape index (κ1) is 17.6. The summed E-state index contributed by atoms with van der Waals surface area (Å²) >= 11 is 0. The van der Waals surface area contributed by atoms with Crippen molar-refractivity contribution < 1.29 is 9.53 Å². The number of hydrogen-bond donors (Lipinski definition) is 2. The van der Waals surface area contributed by atoms with Gasteiger partial charge in [0.05, 0.1) is 5.69 Å². The number of aryl methyl sites for hydroxylation is 1. The highest BCUT2D eigenvalue weighted by Gasteiger charge is 2.02. The van der Waals surface area contributed by atoms with Crippen molar-refractivity contribution in [2.24, 2.45) is 0 Å². The molecule has 0 aliphatic carbocycles. The minimum atomic E-state index is -0.102. The third-order valence-electron chi connectivity index (χ3n) is 3.53. The van der Waals surface area contributed by atoms with Crippen molar-refractivity contribution in [1.29, 1.82) is 0 Å². The molecule has 0 aliphatic heterocycles. The number of carbonyl (C=O) groups is 1. The molecule has 0 bridgehead atoms. The normalized spacial score (nSPS) is 10.8. The predicted molar refractivity (Wildman–Crippen MR) is 98.7 cm³/mol. The number of ether oxygens (including phenoxy) is 1. The average molecular weight is 324 g/mol. The van der Waals surface area contributed by atoms with E-state index in [9.17, 15) is 4.79 Å². The molecular weight excluding hydrogens is 300 g/mol. The molecule has 2 rings (SSSR count). The molecule has 126 valence electrons. The standard InChI is InChI=1S/C20H24N2O2/c1-3-12-22-20(23)11-9-16-8-10-19(18(21)13-16)24-14-17-6-4-15(2)5-7-17/h4-11,13H,3,12,14,21H2,1-2H3,(H,22,23)/b11-9-. The van der Waals surface area contributed by atoms with Gasteiger partial charge in [0.15, 0.2) is 0 Å². The molecule has 24 heavy (non-hydrogen) atoms. The Balaban J connectivity index is 1.95. The predicted octanol–water partition coefficient (Wildman–Crippen LogP) is 3.70.